The molecule has 0 bridgehead atoms. The highest BCUT2D eigenvalue weighted by atomic mass is 16.6. The van der Waals surface area contributed by atoms with Gasteiger partial charge in [-0.15, -0.1) is 0 Å². The molecular weight excluding hydrogens is 1260 g/mol. The fraction of sp³-hybridized carbons (Fsp3) is 0.782. The van der Waals surface area contributed by atoms with E-state index in [-0.39, 0.29) is 95.8 Å². The number of esters is 3. The van der Waals surface area contributed by atoms with Gasteiger partial charge in [-0.3, -0.25) is 24.2 Å². The third-order valence-corrected chi connectivity index (χ3v) is 21.1. The van der Waals surface area contributed by atoms with Crippen molar-refractivity contribution in [1.29, 1.82) is 0 Å². The summed E-state index contributed by atoms with van der Waals surface area (Å²) in [5, 5.41) is 54.0. The summed E-state index contributed by atoms with van der Waals surface area (Å²) >= 11 is 0. The standard InChI is InChI=1S/C40H66N2O9.C38H64N2O8/c1-12-31(44)29(5)36-32(48-36)25-39(10,47)18-13-14-27(3)35-28(4)15-16-33(49-37(46)41-20-22-42(23-21-41)38(7,8)9)40(11,51-30(6)43)19-17-26(2)24-34(45)50-35;1-11-29(41)28(5)34-30(46-34)24-37(9,44)17-12-13-26(3)33-27(4)14-15-31(38(10,45)18-16-25(2)23-32(42)48-33)47-35(43)39-19-21-40(22-20-39)36(6,7)8/h13-16,18,26,28-29,31-33,35-36,44,47H,12,17,19-25H2,1-11H3;12-15,17,25,27-31,33-34,41,44-45H,11,16,18-24H2,1-10H3/b16-15+,18-13+,27-14+;15-14+,17-12+,26-13+/t26-,28+,29-,31+,32-,33+,35-,36-,39+,40-;25-,27+,28-,29+,30-,31+,33-,34-,37+,38-/m11/s1. The number of rotatable bonds is 19. The molecule has 6 aliphatic rings. The Morgan fingerprint density at radius 3 is 1.32 bits per heavy atom. The molecule has 0 saturated carbocycles. The lowest BCUT2D eigenvalue weighted by Gasteiger charge is -2.42. The number of allylic oxidation sites excluding steroid dienone is 4. The van der Waals surface area contributed by atoms with Crippen LogP contribution in [0, 0.1) is 35.5 Å². The lowest BCUT2D eigenvalue weighted by molar-refractivity contribution is -0.167. The van der Waals surface area contributed by atoms with Crippen LogP contribution in [0.1, 0.15) is 210 Å². The van der Waals surface area contributed by atoms with Crippen LogP contribution in [0.25, 0.3) is 0 Å². The largest absolute Gasteiger partial charge is 0.457 e. The second kappa shape index (κ2) is 36.4. The van der Waals surface area contributed by atoms with Gasteiger partial charge in [-0.1, -0.05) is 104 Å². The molecular formula is C78H130N4O17. The number of nitrogens with zero attached hydrogens (tertiary/aromatic N) is 4. The summed E-state index contributed by atoms with van der Waals surface area (Å²) in [6.45, 7) is 45.7. The predicted octanol–water partition coefficient (Wildman–Crippen LogP) is 11.4. The van der Waals surface area contributed by atoms with Crippen LogP contribution in [0.3, 0.4) is 0 Å². The quantitative estimate of drug-likeness (QED) is 0.0264. The second-order valence-electron chi connectivity index (χ2n) is 32.8. The third-order valence-electron chi connectivity index (χ3n) is 21.1. The van der Waals surface area contributed by atoms with E-state index in [2.05, 4.69) is 51.3 Å². The van der Waals surface area contributed by atoms with Crippen LogP contribution in [0.4, 0.5) is 9.59 Å². The molecule has 4 fully saturated rings. The summed E-state index contributed by atoms with van der Waals surface area (Å²) < 4.78 is 41.7. The van der Waals surface area contributed by atoms with Crippen molar-refractivity contribution in [2.75, 3.05) is 52.4 Å². The number of amides is 2. The summed E-state index contributed by atoms with van der Waals surface area (Å²) in [6, 6.07) is 0. The van der Waals surface area contributed by atoms with Gasteiger partial charge in [-0.2, -0.15) is 0 Å². The fourth-order valence-corrected chi connectivity index (χ4v) is 13.9. The Hall–Kier alpha value is -4.97. The molecule has 21 heteroatoms. The lowest BCUT2D eigenvalue weighted by atomic mass is 9.86. The van der Waals surface area contributed by atoms with E-state index >= 15 is 0 Å². The van der Waals surface area contributed by atoms with Gasteiger partial charge in [0.25, 0.3) is 0 Å². The Morgan fingerprint density at radius 2 is 0.960 bits per heavy atom. The Labute approximate surface area is 593 Å². The Balaban J connectivity index is 0.000000358. The van der Waals surface area contributed by atoms with Crippen LogP contribution in [-0.2, 0) is 47.5 Å². The summed E-state index contributed by atoms with van der Waals surface area (Å²) in [6.07, 6.45) is 17.0. The fourth-order valence-electron chi connectivity index (χ4n) is 13.9. The summed E-state index contributed by atoms with van der Waals surface area (Å²) in [5.41, 5.74) is -3.18. The Morgan fingerprint density at radius 1 is 0.596 bits per heavy atom. The maximum Gasteiger partial charge on any atom is 0.410 e. The van der Waals surface area contributed by atoms with Gasteiger partial charge in [0.15, 0.2) is 12.2 Å². The van der Waals surface area contributed by atoms with Gasteiger partial charge in [0.05, 0.1) is 47.8 Å². The number of cyclic esters (lactones) is 2. The van der Waals surface area contributed by atoms with Crippen LogP contribution in [0.15, 0.2) is 71.9 Å². The zero-order valence-corrected chi connectivity index (χ0v) is 64.2. The maximum atomic E-state index is 13.6. The molecule has 6 heterocycles. The molecule has 0 radical (unpaired) electrons. The number of ether oxygens (including phenoxy) is 7. The van der Waals surface area contributed by atoms with Crippen LogP contribution < -0.4 is 0 Å². The maximum absolute atomic E-state index is 13.6. The summed E-state index contributed by atoms with van der Waals surface area (Å²) in [5.74, 6) is -1.87. The van der Waals surface area contributed by atoms with Gasteiger partial charge >= 0.3 is 30.1 Å². The predicted molar refractivity (Wildman–Crippen MR) is 384 cm³/mol. The van der Waals surface area contributed by atoms with E-state index in [1.165, 1.54) is 6.92 Å². The number of hydrogen-bond acceptors (Lipinski definition) is 19. The zero-order valence-electron chi connectivity index (χ0n) is 64.2. The number of piperazine rings is 2. The van der Waals surface area contributed by atoms with E-state index in [9.17, 15) is 49.5 Å². The Bertz CT molecular complexity index is 2820. The van der Waals surface area contributed by atoms with Crippen molar-refractivity contribution >= 4 is 30.1 Å². The highest BCUT2D eigenvalue weighted by Crippen LogP contribution is 2.40. The Kier molecular flexibility index (Phi) is 31.2. The van der Waals surface area contributed by atoms with E-state index in [0.29, 0.717) is 77.5 Å². The molecule has 0 aliphatic carbocycles. The van der Waals surface area contributed by atoms with Crippen molar-refractivity contribution in [3.8, 4) is 0 Å². The van der Waals surface area contributed by atoms with Gasteiger partial charge in [0.2, 0.25) is 0 Å². The number of carbonyl (C=O) groups excluding carboxylic acids is 5. The molecule has 21 nitrogen and oxygen atoms in total. The average Bonchev–Trinajstić information content (AvgIpc) is 1.13. The molecule has 0 spiro atoms. The first-order valence-corrected chi connectivity index (χ1v) is 36.8. The normalized spacial score (nSPS) is 34.0. The molecule has 564 valence electrons. The van der Waals surface area contributed by atoms with Gasteiger partial charge in [-0.05, 0) is 157 Å². The minimum Gasteiger partial charge on any atom is -0.457 e. The highest BCUT2D eigenvalue weighted by Gasteiger charge is 2.49. The number of carbonyl (C=O) groups is 5. The molecule has 5 N–H and O–H groups in total. The molecule has 6 aliphatic heterocycles. The topological polar surface area (TPSA) is 271 Å². The van der Waals surface area contributed by atoms with Gasteiger partial charge in [0, 0.05) is 120 Å². The first-order chi connectivity index (χ1) is 45.9. The number of aliphatic hydroxyl groups excluding tert-OH is 2. The smallest absolute Gasteiger partial charge is 0.410 e. The highest BCUT2D eigenvalue weighted by molar-refractivity contribution is 5.71. The zero-order chi connectivity index (χ0) is 74.3. The summed E-state index contributed by atoms with van der Waals surface area (Å²) in [7, 11) is 0. The van der Waals surface area contributed by atoms with E-state index in [1.807, 2.05) is 93.5 Å². The molecule has 0 unspecified atom stereocenters. The van der Waals surface area contributed by atoms with Gasteiger partial charge in [-0.25, -0.2) is 9.59 Å². The van der Waals surface area contributed by atoms with Crippen LogP contribution in [0.5, 0.6) is 0 Å². The van der Waals surface area contributed by atoms with Crippen molar-refractivity contribution in [3.05, 3.63) is 71.9 Å². The van der Waals surface area contributed by atoms with E-state index in [1.54, 1.807) is 74.0 Å². The van der Waals surface area contributed by atoms with Crippen LogP contribution >= 0.6 is 0 Å². The van der Waals surface area contributed by atoms with Crippen molar-refractivity contribution < 1.29 is 82.7 Å². The molecule has 20 atom stereocenters. The number of epoxide rings is 2. The van der Waals surface area contributed by atoms with Crippen molar-refractivity contribution in [3.63, 3.8) is 0 Å². The third kappa shape index (κ3) is 26.7. The minimum absolute atomic E-state index is 0.000321. The minimum atomic E-state index is -1.33. The van der Waals surface area contributed by atoms with Gasteiger partial charge in [0.1, 0.15) is 23.4 Å². The first kappa shape index (κ1) is 84.7. The van der Waals surface area contributed by atoms with Crippen molar-refractivity contribution in [2.24, 2.45) is 35.5 Å². The molecule has 2 amide bonds. The monoisotopic (exact) mass is 1390 g/mol. The molecule has 4 saturated heterocycles. The second-order valence-corrected chi connectivity index (χ2v) is 32.8. The SMILES string of the molecule is CC[C@H](O)[C@@H](C)[C@H]1O[C@@H]1C[C@@](C)(O)/C=C/C=C(\C)[C@H]1OC(=O)C[C@H](C)CC[C@@](C)(O)[C@@H](OC(=O)N2CCN(C(C)(C)C)CC2)/C=C/[C@@H]1C.CC[C@H](O)[C@@H](C)[C@H]1O[C@@H]1C[C@@](C)(O)/C=C/C=C(\C)[C@H]1OC(=O)C[C@H](C)CC[C@@](C)(OC(C)=O)[C@@H](OC(=O)N2CCN(C(C)(C)C)CC2)/C=C/[C@@H]1C. The summed E-state index contributed by atoms with van der Waals surface area (Å²) in [4.78, 5) is 73.6. The van der Waals surface area contributed by atoms with Crippen molar-refractivity contribution in [1.82, 2.24) is 19.6 Å². The average molecular weight is 1400 g/mol. The molecule has 0 aromatic carbocycles. The number of aliphatic hydroxyl groups is 5. The molecule has 6 rings (SSSR count). The van der Waals surface area contributed by atoms with Crippen LogP contribution in [-0.4, -0.2) is 222 Å². The number of hydrogen-bond donors (Lipinski definition) is 5. The first-order valence-electron chi connectivity index (χ1n) is 36.8. The molecule has 99 heavy (non-hydrogen) atoms. The lowest BCUT2D eigenvalue weighted by Crippen LogP contribution is -2.55. The van der Waals surface area contributed by atoms with Crippen molar-refractivity contribution in [2.45, 2.75) is 304 Å². The molecule has 0 aromatic rings. The van der Waals surface area contributed by atoms with Gasteiger partial charge < -0.3 is 68.5 Å². The van der Waals surface area contributed by atoms with E-state index < -0.39 is 77.2 Å². The molecule has 0 aromatic heterocycles. The van der Waals surface area contributed by atoms with E-state index in [4.69, 9.17) is 33.2 Å². The van der Waals surface area contributed by atoms with Crippen LogP contribution in [0.2, 0.25) is 0 Å². The van der Waals surface area contributed by atoms with E-state index in [0.717, 1.165) is 37.3 Å².